The number of carbonyl (C=O) groups excluding carboxylic acids is 1. The summed E-state index contributed by atoms with van der Waals surface area (Å²) in [5.41, 5.74) is 1.73. The first-order chi connectivity index (χ1) is 8.37. The van der Waals surface area contributed by atoms with Gasteiger partial charge in [-0.15, -0.1) is 0 Å². The highest BCUT2D eigenvalue weighted by Crippen LogP contribution is 2.23. The second-order valence-corrected chi connectivity index (χ2v) is 5.48. The van der Waals surface area contributed by atoms with Crippen molar-refractivity contribution in [3.05, 3.63) is 29.6 Å². The van der Waals surface area contributed by atoms with Crippen molar-refractivity contribution < 1.29 is 4.79 Å². The minimum Gasteiger partial charge on any atom is -0.351 e. The Morgan fingerprint density at radius 2 is 2.11 bits per heavy atom. The van der Waals surface area contributed by atoms with Crippen LogP contribution >= 0.6 is 0 Å². The Balaban J connectivity index is 2.25. The van der Waals surface area contributed by atoms with Crippen molar-refractivity contribution in [3.8, 4) is 0 Å². The minimum absolute atomic E-state index is 0.113. The van der Waals surface area contributed by atoms with Crippen LogP contribution in [0.3, 0.4) is 0 Å². The summed E-state index contributed by atoms with van der Waals surface area (Å²) >= 11 is 0. The monoisotopic (exact) mass is 246 g/mol. The Hall–Kier alpha value is -1.91. The van der Waals surface area contributed by atoms with Crippen molar-refractivity contribution in [1.82, 2.24) is 15.6 Å². The molecule has 0 spiro atoms. The Bertz CT molecular complexity index is 502. The van der Waals surface area contributed by atoms with E-state index in [1.165, 1.54) is 0 Å². The first-order valence-corrected chi connectivity index (χ1v) is 5.94. The smallest absolute Gasteiger partial charge is 0.256 e. The molecule has 5 nitrogen and oxygen atoms in total. The van der Waals surface area contributed by atoms with Gasteiger partial charge in [-0.3, -0.25) is 15.1 Å². The molecule has 0 aromatic carbocycles. The molecule has 18 heavy (non-hydrogen) atoms. The summed E-state index contributed by atoms with van der Waals surface area (Å²) in [6, 6.07) is 1.39. The third-order valence-corrected chi connectivity index (χ3v) is 2.62. The van der Waals surface area contributed by atoms with Gasteiger partial charge in [0.2, 0.25) is 0 Å². The lowest BCUT2D eigenvalue weighted by Crippen LogP contribution is -2.46. The van der Waals surface area contributed by atoms with E-state index in [4.69, 9.17) is 0 Å². The number of guanidine groups is 1. The van der Waals surface area contributed by atoms with Crippen molar-refractivity contribution in [2.45, 2.75) is 39.3 Å². The van der Waals surface area contributed by atoms with E-state index in [1.807, 2.05) is 33.8 Å². The largest absolute Gasteiger partial charge is 0.351 e. The van der Waals surface area contributed by atoms with Crippen molar-refractivity contribution >= 4 is 11.9 Å². The van der Waals surface area contributed by atoms with Crippen LogP contribution in [0.5, 0.6) is 0 Å². The van der Waals surface area contributed by atoms with Gasteiger partial charge >= 0.3 is 0 Å². The van der Waals surface area contributed by atoms with E-state index >= 15 is 0 Å². The summed E-state index contributed by atoms with van der Waals surface area (Å²) in [4.78, 5) is 20.4. The second kappa shape index (κ2) is 4.40. The van der Waals surface area contributed by atoms with E-state index in [2.05, 4.69) is 20.6 Å². The van der Waals surface area contributed by atoms with E-state index < -0.39 is 6.04 Å². The number of aryl methyl sites for hydroxylation is 1. The van der Waals surface area contributed by atoms with Gasteiger partial charge in [-0.25, -0.2) is 4.99 Å². The maximum atomic E-state index is 11.9. The average molecular weight is 246 g/mol. The highest BCUT2D eigenvalue weighted by molar-refractivity contribution is 6.05. The Kier molecular flexibility index (Phi) is 3.07. The van der Waals surface area contributed by atoms with Crippen LogP contribution in [0, 0.1) is 6.92 Å². The number of amides is 1. The summed E-state index contributed by atoms with van der Waals surface area (Å²) in [5, 5.41) is 5.92. The zero-order valence-electron chi connectivity index (χ0n) is 11.1. The molecular weight excluding hydrogens is 228 g/mol. The van der Waals surface area contributed by atoms with Gasteiger partial charge < -0.3 is 5.32 Å². The summed E-state index contributed by atoms with van der Waals surface area (Å²) in [6.45, 7) is 8.01. The van der Waals surface area contributed by atoms with Crippen molar-refractivity contribution in [2.24, 2.45) is 4.99 Å². The van der Waals surface area contributed by atoms with Gasteiger partial charge in [0.25, 0.3) is 5.91 Å². The lowest BCUT2D eigenvalue weighted by atomic mass is 10.0. The number of nitrogens with zero attached hydrogens (tertiary/aromatic N) is 2. The number of nitrogens with one attached hydrogen (secondary N) is 2. The molecule has 1 aromatic heterocycles. The molecule has 0 radical (unpaired) electrons. The molecule has 0 saturated carbocycles. The van der Waals surface area contributed by atoms with Crippen LogP contribution in [-0.4, -0.2) is 22.4 Å². The summed E-state index contributed by atoms with van der Waals surface area (Å²) in [5.74, 6) is 0.415. The third-order valence-electron chi connectivity index (χ3n) is 2.62. The number of hydrogen-bond donors (Lipinski definition) is 2. The topological polar surface area (TPSA) is 66.4 Å². The Morgan fingerprint density at radius 3 is 2.72 bits per heavy atom. The van der Waals surface area contributed by atoms with Gasteiger partial charge in [-0.2, -0.15) is 0 Å². The number of aliphatic imine (C=N–C) groups is 1. The quantitative estimate of drug-likeness (QED) is 0.785. The first-order valence-electron chi connectivity index (χ1n) is 5.94. The lowest BCUT2D eigenvalue weighted by Gasteiger charge is -2.21. The van der Waals surface area contributed by atoms with Gasteiger partial charge in [-0.05, 0) is 39.3 Å². The summed E-state index contributed by atoms with van der Waals surface area (Å²) in [7, 11) is 0. The van der Waals surface area contributed by atoms with Crippen molar-refractivity contribution in [2.75, 3.05) is 0 Å². The van der Waals surface area contributed by atoms with Crippen molar-refractivity contribution in [3.63, 3.8) is 0 Å². The molecule has 0 saturated heterocycles. The van der Waals surface area contributed by atoms with Crippen LogP contribution < -0.4 is 10.6 Å². The van der Waals surface area contributed by atoms with Crippen LogP contribution in [0.15, 0.2) is 23.5 Å². The molecule has 0 bridgehead atoms. The molecule has 1 unspecified atom stereocenters. The molecule has 2 heterocycles. The van der Waals surface area contributed by atoms with Gasteiger partial charge in [0, 0.05) is 23.5 Å². The number of carbonyl (C=O) groups is 1. The van der Waals surface area contributed by atoms with Crippen LogP contribution in [0.1, 0.15) is 37.9 Å². The predicted octanol–water partition coefficient (Wildman–Crippen LogP) is 1.31. The molecule has 1 aliphatic heterocycles. The van der Waals surface area contributed by atoms with Crippen LogP contribution in [-0.2, 0) is 4.79 Å². The lowest BCUT2D eigenvalue weighted by molar-refractivity contribution is -0.120. The average Bonchev–Trinajstić information content (AvgIpc) is 2.57. The molecule has 0 fully saturated rings. The standard InChI is InChI=1S/C13H18N4O/c1-8-5-6-14-7-9(8)10-11(18)16-12(15-10)17-13(2,3)4/h5-7,10H,1-4H3,(H2,15,16,17,18). The van der Waals surface area contributed by atoms with Gasteiger partial charge in [-0.1, -0.05) is 0 Å². The molecular formula is C13H18N4O. The van der Waals surface area contributed by atoms with E-state index in [1.54, 1.807) is 12.4 Å². The van der Waals surface area contributed by atoms with Gasteiger partial charge in [0.1, 0.15) is 0 Å². The highest BCUT2D eigenvalue weighted by atomic mass is 16.2. The molecule has 96 valence electrons. The normalized spacial score (nSPS) is 19.4. The molecule has 1 amide bonds. The fourth-order valence-electron chi connectivity index (χ4n) is 1.80. The van der Waals surface area contributed by atoms with Crippen LogP contribution in [0.2, 0.25) is 0 Å². The van der Waals surface area contributed by atoms with Crippen LogP contribution in [0.25, 0.3) is 0 Å². The molecule has 0 aliphatic carbocycles. The molecule has 2 N–H and O–H groups in total. The molecule has 1 aliphatic rings. The van der Waals surface area contributed by atoms with Crippen LogP contribution in [0.4, 0.5) is 0 Å². The number of pyridine rings is 1. The van der Waals surface area contributed by atoms with E-state index in [0.717, 1.165) is 11.1 Å². The third kappa shape index (κ3) is 2.67. The molecule has 1 atom stereocenters. The highest BCUT2D eigenvalue weighted by Gasteiger charge is 2.30. The zero-order valence-corrected chi connectivity index (χ0v) is 11.1. The summed E-state index contributed by atoms with van der Waals surface area (Å²) in [6.07, 6.45) is 3.41. The minimum atomic E-state index is -0.497. The number of rotatable bonds is 1. The fourth-order valence-corrected chi connectivity index (χ4v) is 1.80. The van der Waals surface area contributed by atoms with Gasteiger partial charge in [0.05, 0.1) is 0 Å². The molecule has 2 rings (SSSR count). The zero-order chi connectivity index (χ0) is 13.3. The van der Waals surface area contributed by atoms with Gasteiger partial charge in [0.15, 0.2) is 12.0 Å². The van der Waals surface area contributed by atoms with E-state index in [-0.39, 0.29) is 11.4 Å². The number of aromatic nitrogens is 1. The molecule has 5 heteroatoms. The SMILES string of the molecule is Cc1ccncc1C1N=C(NC(C)(C)C)NC1=O. The summed E-state index contributed by atoms with van der Waals surface area (Å²) < 4.78 is 0. The second-order valence-electron chi connectivity index (χ2n) is 5.48. The van der Waals surface area contributed by atoms with E-state index in [9.17, 15) is 4.79 Å². The van der Waals surface area contributed by atoms with E-state index in [0.29, 0.717) is 5.96 Å². The Labute approximate surface area is 107 Å². The Morgan fingerprint density at radius 1 is 1.39 bits per heavy atom. The number of hydrogen-bond acceptors (Lipinski definition) is 4. The maximum absolute atomic E-state index is 11.9. The van der Waals surface area contributed by atoms with Crippen molar-refractivity contribution in [1.29, 1.82) is 0 Å². The molecule has 1 aromatic rings. The fraction of sp³-hybridized carbons (Fsp3) is 0.462. The maximum Gasteiger partial charge on any atom is 0.256 e. The first kappa shape index (κ1) is 12.5. The predicted molar refractivity (Wildman–Crippen MR) is 70.2 cm³/mol.